The van der Waals surface area contributed by atoms with Gasteiger partial charge in [-0.25, -0.2) is 14.0 Å². The third-order valence-electron chi connectivity index (χ3n) is 5.78. The van der Waals surface area contributed by atoms with E-state index in [1.807, 2.05) is 0 Å². The quantitative estimate of drug-likeness (QED) is 0.359. The highest BCUT2D eigenvalue weighted by molar-refractivity contribution is 7.52. The first kappa shape index (κ1) is 27.2. The molecule has 3 rings (SSSR count). The Morgan fingerprint density at radius 1 is 1.34 bits per heavy atom. The van der Waals surface area contributed by atoms with Crippen molar-refractivity contribution in [3.05, 3.63) is 42.6 Å². The van der Waals surface area contributed by atoms with Crippen LogP contribution in [0.15, 0.2) is 42.6 Å². The highest BCUT2D eigenvalue weighted by Crippen LogP contribution is 2.47. The Kier molecular flexibility index (Phi) is 8.28. The minimum atomic E-state index is -4.22. The van der Waals surface area contributed by atoms with Crippen LogP contribution in [0.2, 0.25) is 0 Å². The number of ketones is 2. The van der Waals surface area contributed by atoms with Crippen molar-refractivity contribution in [2.24, 2.45) is 5.92 Å². The number of amides is 1. The van der Waals surface area contributed by atoms with Crippen molar-refractivity contribution in [1.82, 2.24) is 9.99 Å². The molecular weight excluding hydrogens is 482 g/mol. The van der Waals surface area contributed by atoms with E-state index in [9.17, 15) is 24.1 Å². The van der Waals surface area contributed by atoms with Gasteiger partial charge in [0, 0.05) is 6.20 Å². The van der Waals surface area contributed by atoms with Crippen LogP contribution in [0.1, 0.15) is 34.1 Å². The van der Waals surface area contributed by atoms with Crippen LogP contribution in [0, 0.1) is 5.92 Å². The maximum absolute atomic E-state index is 15.5. The van der Waals surface area contributed by atoms with E-state index < -0.39 is 62.6 Å². The molecule has 192 valence electrons. The van der Waals surface area contributed by atoms with E-state index >= 15 is 4.39 Å². The number of Topliss-reactive ketones (excluding diaryl/α,β-unsaturated/α-hetero) is 1. The second-order valence-electron chi connectivity index (χ2n) is 9.04. The van der Waals surface area contributed by atoms with Crippen LogP contribution in [0.25, 0.3) is 0 Å². The molecule has 2 aliphatic heterocycles. The lowest BCUT2D eigenvalue weighted by molar-refractivity contribution is -0.150. The van der Waals surface area contributed by atoms with Crippen molar-refractivity contribution >= 4 is 25.2 Å². The Balaban J connectivity index is 1.80. The molecule has 0 bridgehead atoms. The van der Waals surface area contributed by atoms with Crippen LogP contribution >= 0.6 is 7.75 Å². The summed E-state index contributed by atoms with van der Waals surface area (Å²) in [6.07, 6.45) is -2.85. The monoisotopic (exact) mass is 512 g/mol. The van der Waals surface area contributed by atoms with Gasteiger partial charge in [-0.15, -0.1) is 0 Å². The molecule has 1 saturated heterocycles. The number of hydrogen-bond acceptors (Lipinski definition) is 8. The number of para-hydroxylation sites is 1. The maximum Gasteiger partial charge on any atom is 0.459 e. The van der Waals surface area contributed by atoms with Gasteiger partial charge in [0.1, 0.15) is 23.7 Å². The molecule has 1 unspecified atom stereocenters. The van der Waals surface area contributed by atoms with E-state index in [1.165, 1.54) is 6.92 Å². The summed E-state index contributed by atoms with van der Waals surface area (Å²) < 4.78 is 45.8. The lowest BCUT2D eigenvalue weighted by atomic mass is 9.97. The van der Waals surface area contributed by atoms with Crippen molar-refractivity contribution in [2.75, 3.05) is 6.61 Å². The van der Waals surface area contributed by atoms with Crippen LogP contribution in [0.3, 0.4) is 0 Å². The zero-order chi connectivity index (χ0) is 26.0. The third kappa shape index (κ3) is 6.23. The number of alkyl halides is 1. The smallest absolute Gasteiger partial charge is 0.413 e. The summed E-state index contributed by atoms with van der Waals surface area (Å²) >= 11 is 0. The number of carbonyl (C=O) groups is 3. The number of benzene rings is 1. The number of halogens is 1. The van der Waals surface area contributed by atoms with Gasteiger partial charge in [-0.05, 0) is 38.0 Å². The SMILES string of the molecule is CC(=O)[C@@H](NP(=O)(OC[C@H]1O[C@@H](N2C=CC(=O)CC2=O)[C@](C)(F)[C@@H]1O)Oc1ccccc1)C(C)C. The summed E-state index contributed by atoms with van der Waals surface area (Å²) in [5, 5.41) is 13.2. The molecule has 2 aliphatic rings. The fourth-order valence-corrected chi connectivity index (χ4v) is 5.61. The second kappa shape index (κ2) is 10.7. The van der Waals surface area contributed by atoms with E-state index in [0.717, 1.165) is 24.1 Å². The molecule has 6 atom stereocenters. The second-order valence-corrected chi connectivity index (χ2v) is 10.7. The lowest BCUT2D eigenvalue weighted by Crippen LogP contribution is -2.51. The highest BCUT2D eigenvalue weighted by Gasteiger charge is 2.57. The predicted octanol–water partition coefficient (Wildman–Crippen LogP) is 2.52. The summed E-state index contributed by atoms with van der Waals surface area (Å²) in [4.78, 5) is 36.7. The lowest BCUT2D eigenvalue weighted by Gasteiger charge is -2.32. The number of rotatable bonds is 10. The molecule has 2 heterocycles. The van der Waals surface area contributed by atoms with Gasteiger partial charge < -0.3 is 14.4 Å². The Labute approximate surface area is 203 Å². The molecule has 1 fully saturated rings. The van der Waals surface area contributed by atoms with Crippen LogP contribution in [0.4, 0.5) is 4.39 Å². The Morgan fingerprint density at radius 3 is 2.57 bits per heavy atom. The molecule has 35 heavy (non-hydrogen) atoms. The van der Waals surface area contributed by atoms with Crippen molar-refractivity contribution in [3.63, 3.8) is 0 Å². The molecule has 0 saturated carbocycles. The van der Waals surface area contributed by atoms with Gasteiger partial charge in [0.25, 0.3) is 0 Å². The largest absolute Gasteiger partial charge is 0.459 e. The molecule has 1 aromatic rings. The van der Waals surface area contributed by atoms with E-state index in [1.54, 1.807) is 44.2 Å². The van der Waals surface area contributed by atoms with Gasteiger partial charge in [0.15, 0.2) is 17.7 Å². The van der Waals surface area contributed by atoms with E-state index in [0.29, 0.717) is 0 Å². The summed E-state index contributed by atoms with van der Waals surface area (Å²) in [6, 6.07) is 7.25. The van der Waals surface area contributed by atoms with Gasteiger partial charge in [0.05, 0.1) is 19.1 Å². The standard InChI is InChI=1S/C23H30FN2O8P/c1-14(2)20(15(3)27)25-35(31,34-17-8-6-5-7-9-17)32-13-18-21(30)23(4,24)22(33-18)26-11-10-16(28)12-19(26)29/h5-11,14,18,20-22,30H,12-13H2,1-4H3,(H,25,31)/t18-,20+,21-,22-,23-,35?/m1/s1. The van der Waals surface area contributed by atoms with E-state index in [2.05, 4.69) is 5.09 Å². The van der Waals surface area contributed by atoms with Gasteiger partial charge in [-0.2, -0.15) is 0 Å². The molecule has 1 aromatic carbocycles. The molecule has 12 heteroatoms. The van der Waals surface area contributed by atoms with Crippen LogP contribution in [0.5, 0.6) is 5.75 Å². The number of aliphatic hydroxyl groups excluding tert-OH is 1. The van der Waals surface area contributed by atoms with Crippen molar-refractivity contribution < 1.29 is 42.2 Å². The van der Waals surface area contributed by atoms with Gasteiger partial charge in [-0.3, -0.25) is 23.8 Å². The number of allylic oxidation sites excluding steroid dienone is 1. The first-order chi connectivity index (χ1) is 16.3. The summed E-state index contributed by atoms with van der Waals surface area (Å²) in [5.74, 6) is -1.46. The Morgan fingerprint density at radius 2 is 2.00 bits per heavy atom. The number of carbonyl (C=O) groups excluding carboxylic acids is 3. The normalized spacial score (nSPS) is 29.3. The highest BCUT2D eigenvalue weighted by atomic mass is 31.2. The molecule has 1 amide bonds. The summed E-state index contributed by atoms with van der Waals surface area (Å²) in [5.41, 5.74) is -2.42. The first-order valence-electron chi connectivity index (χ1n) is 11.2. The first-order valence-corrected chi connectivity index (χ1v) is 12.7. The average Bonchev–Trinajstić information content (AvgIpc) is 3.00. The van der Waals surface area contributed by atoms with Crippen LogP contribution in [-0.2, 0) is 28.2 Å². The van der Waals surface area contributed by atoms with Crippen molar-refractivity contribution in [1.29, 1.82) is 0 Å². The van der Waals surface area contributed by atoms with Crippen LogP contribution < -0.4 is 9.61 Å². The molecule has 0 radical (unpaired) electrons. The molecule has 2 N–H and O–H groups in total. The number of nitrogens with one attached hydrogen (secondary N) is 1. The molecule has 10 nitrogen and oxygen atoms in total. The number of aliphatic hydroxyl groups is 1. The number of hydrogen-bond donors (Lipinski definition) is 2. The summed E-state index contributed by atoms with van der Waals surface area (Å²) in [7, 11) is -4.22. The molecule has 0 spiro atoms. The number of nitrogens with zero attached hydrogens (tertiary/aromatic N) is 1. The maximum atomic E-state index is 15.5. The topological polar surface area (TPSA) is 131 Å². The minimum absolute atomic E-state index is 0.198. The van der Waals surface area contributed by atoms with Gasteiger partial charge in [0.2, 0.25) is 5.91 Å². The summed E-state index contributed by atoms with van der Waals surface area (Å²) in [6.45, 7) is 5.32. The van der Waals surface area contributed by atoms with Gasteiger partial charge in [-0.1, -0.05) is 32.0 Å². The van der Waals surface area contributed by atoms with E-state index in [-0.39, 0.29) is 17.5 Å². The van der Waals surface area contributed by atoms with Gasteiger partial charge >= 0.3 is 7.75 Å². The molecule has 0 aromatic heterocycles. The number of ether oxygens (including phenoxy) is 1. The Hall–Kier alpha value is -2.43. The van der Waals surface area contributed by atoms with E-state index in [4.69, 9.17) is 13.8 Å². The molecule has 0 aliphatic carbocycles. The minimum Gasteiger partial charge on any atom is -0.413 e. The predicted molar refractivity (Wildman–Crippen MR) is 123 cm³/mol. The molecular formula is C23H30FN2O8P. The zero-order valence-corrected chi connectivity index (χ0v) is 20.8. The zero-order valence-electron chi connectivity index (χ0n) is 19.9. The average molecular weight is 512 g/mol. The van der Waals surface area contributed by atoms with Crippen LogP contribution in [-0.4, -0.2) is 64.2 Å². The van der Waals surface area contributed by atoms with Crippen molar-refractivity contribution in [2.45, 2.75) is 64.3 Å². The fraction of sp³-hybridized carbons (Fsp3) is 0.522. The fourth-order valence-electron chi connectivity index (χ4n) is 3.87. The van der Waals surface area contributed by atoms with Crippen molar-refractivity contribution in [3.8, 4) is 5.75 Å². The Bertz CT molecular complexity index is 1030. The third-order valence-corrected chi connectivity index (χ3v) is 7.32.